The summed E-state index contributed by atoms with van der Waals surface area (Å²) in [6.07, 6.45) is 6.19. The maximum atomic E-state index is 14.6. The average molecular weight is 685 g/mol. The Kier molecular flexibility index (Phi) is 11.8. The standard InChI is InChI=1S/C41H48N8O2/c42-39(50)35(24-33-25-45-27-47-33)34(23-28-17-18-29-10-7-8-15-32(29)22-28)37-19-21-49(40(51)38(48-37)16-9-20-46-41(43)44)26-36(30-11-3-1-4-12-30)31-13-5-2-6-14-31/h1-8,10-15,17-18,22,25,27,34-38,48H,9,16,19-21,23-24,26H2,(H2,42,50)(H,45,47)(H4,43,44,46)/t34-,35?,37-,38-/m0/s1. The summed E-state index contributed by atoms with van der Waals surface area (Å²) < 4.78 is 0. The molecule has 0 aliphatic carbocycles. The average Bonchev–Trinajstić information content (AvgIpc) is 3.62. The van der Waals surface area contributed by atoms with Gasteiger partial charge in [-0.1, -0.05) is 103 Å². The van der Waals surface area contributed by atoms with E-state index in [0.717, 1.165) is 33.2 Å². The van der Waals surface area contributed by atoms with E-state index >= 15 is 0 Å². The molecule has 2 heterocycles. The number of hydrogen-bond acceptors (Lipinski definition) is 5. The third kappa shape index (κ3) is 9.20. The van der Waals surface area contributed by atoms with Crippen molar-refractivity contribution in [3.63, 3.8) is 0 Å². The van der Waals surface area contributed by atoms with Crippen LogP contribution in [0.5, 0.6) is 0 Å². The number of nitrogens with zero attached hydrogens (tertiary/aromatic N) is 3. The number of rotatable bonds is 15. The van der Waals surface area contributed by atoms with Gasteiger partial charge < -0.3 is 32.4 Å². The van der Waals surface area contributed by atoms with Gasteiger partial charge in [0.05, 0.1) is 12.4 Å². The van der Waals surface area contributed by atoms with Crippen LogP contribution in [0.4, 0.5) is 0 Å². The van der Waals surface area contributed by atoms with E-state index in [0.29, 0.717) is 51.7 Å². The molecular formula is C41H48N8O2. The summed E-state index contributed by atoms with van der Waals surface area (Å²) in [5.74, 6) is -1.04. The van der Waals surface area contributed by atoms with Gasteiger partial charge in [-0.2, -0.15) is 0 Å². The summed E-state index contributed by atoms with van der Waals surface area (Å²) in [6, 6.07) is 34.7. The van der Waals surface area contributed by atoms with E-state index < -0.39 is 12.0 Å². The Balaban J connectivity index is 1.35. The minimum atomic E-state index is -0.514. The molecule has 4 atom stereocenters. The molecule has 264 valence electrons. The van der Waals surface area contributed by atoms with Crippen LogP contribution in [0.15, 0.2) is 121 Å². The van der Waals surface area contributed by atoms with Gasteiger partial charge in [-0.3, -0.25) is 14.6 Å². The summed E-state index contributed by atoms with van der Waals surface area (Å²) in [5, 5.41) is 6.07. The number of aromatic amines is 1. The van der Waals surface area contributed by atoms with Gasteiger partial charge >= 0.3 is 0 Å². The lowest BCUT2D eigenvalue weighted by molar-refractivity contribution is -0.133. The molecule has 1 aliphatic heterocycles. The van der Waals surface area contributed by atoms with Crippen molar-refractivity contribution in [3.8, 4) is 0 Å². The van der Waals surface area contributed by atoms with Crippen LogP contribution < -0.4 is 22.5 Å². The lowest BCUT2D eigenvalue weighted by Gasteiger charge is -2.34. The van der Waals surface area contributed by atoms with Crippen LogP contribution >= 0.6 is 0 Å². The second-order valence-electron chi connectivity index (χ2n) is 13.6. The highest BCUT2D eigenvalue weighted by Crippen LogP contribution is 2.32. The summed E-state index contributed by atoms with van der Waals surface area (Å²) in [4.78, 5) is 41.5. The van der Waals surface area contributed by atoms with Crippen molar-refractivity contribution in [2.24, 2.45) is 34.0 Å². The van der Waals surface area contributed by atoms with Gasteiger partial charge in [0, 0.05) is 55.8 Å². The highest BCUT2D eigenvalue weighted by atomic mass is 16.2. The number of hydrogen-bond donors (Lipinski definition) is 5. The van der Waals surface area contributed by atoms with Crippen LogP contribution in [0.2, 0.25) is 0 Å². The van der Waals surface area contributed by atoms with Crippen molar-refractivity contribution in [1.82, 2.24) is 20.2 Å². The van der Waals surface area contributed by atoms with E-state index in [-0.39, 0.29) is 35.7 Å². The number of carbonyl (C=O) groups is 2. The Morgan fingerprint density at radius 3 is 2.22 bits per heavy atom. The Bertz CT molecular complexity index is 1850. The number of H-pyrrole nitrogens is 1. The molecule has 2 amide bonds. The predicted octanol–water partition coefficient (Wildman–Crippen LogP) is 4.51. The molecule has 5 aromatic rings. The Labute approximate surface area is 299 Å². The number of amides is 2. The Morgan fingerprint density at radius 1 is 0.882 bits per heavy atom. The highest BCUT2D eigenvalue weighted by molar-refractivity contribution is 5.84. The number of aliphatic imine (C=N–C) groups is 1. The maximum absolute atomic E-state index is 14.6. The monoisotopic (exact) mass is 684 g/mol. The first kappa shape index (κ1) is 35.3. The number of fused-ring (bicyclic) bond motifs is 1. The first-order valence-electron chi connectivity index (χ1n) is 17.8. The van der Waals surface area contributed by atoms with Gasteiger partial charge in [0.25, 0.3) is 0 Å². The van der Waals surface area contributed by atoms with E-state index in [9.17, 15) is 9.59 Å². The third-order valence-corrected chi connectivity index (χ3v) is 10.2. The predicted molar refractivity (Wildman–Crippen MR) is 203 cm³/mol. The molecule has 0 bridgehead atoms. The van der Waals surface area contributed by atoms with Crippen molar-refractivity contribution in [3.05, 3.63) is 138 Å². The second kappa shape index (κ2) is 17.0. The van der Waals surface area contributed by atoms with Gasteiger partial charge in [0.2, 0.25) is 11.8 Å². The van der Waals surface area contributed by atoms with Crippen LogP contribution in [0.25, 0.3) is 10.8 Å². The largest absolute Gasteiger partial charge is 0.370 e. The van der Waals surface area contributed by atoms with E-state index in [1.165, 1.54) is 0 Å². The zero-order valence-corrected chi connectivity index (χ0v) is 28.9. The number of primary amides is 1. The molecular weight excluding hydrogens is 637 g/mol. The number of aromatic nitrogens is 2. The molecule has 1 fully saturated rings. The quantitative estimate of drug-likeness (QED) is 0.0618. The summed E-state index contributed by atoms with van der Waals surface area (Å²) in [7, 11) is 0. The summed E-state index contributed by atoms with van der Waals surface area (Å²) in [5.41, 5.74) is 21.7. The molecule has 0 spiro atoms. The van der Waals surface area contributed by atoms with E-state index in [1.54, 1.807) is 12.5 Å². The summed E-state index contributed by atoms with van der Waals surface area (Å²) in [6.45, 7) is 1.47. The lowest BCUT2D eigenvalue weighted by Crippen LogP contribution is -2.51. The van der Waals surface area contributed by atoms with Gasteiger partial charge in [-0.25, -0.2) is 4.98 Å². The normalized spacial score (nSPS) is 17.6. The number of carbonyl (C=O) groups excluding carboxylic acids is 2. The topological polar surface area (TPSA) is 169 Å². The van der Waals surface area contributed by atoms with E-state index in [4.69, 9.17) is 17.2 Å². The van der Waals surface area contributed by atoms with Crippen molar-refractivity contribution < 1.29 is 9.59 Å². The van der Waals surface area contributed by atoms with Crippen LogP contribution in [0.1, 0.15) is 47.6 Å². The molecule has 4 aromatic carbocycles. The number of nitrogens with one attached hydrogen (secondary N) is 2. The minimum Gasteiger partial charge on any atom is -0.370 e. The fraction of sp³-hybridized carbons (Fsp3) is 0.317. The molecule has 6 rings (SSSR count). The van der Waals surface area contributed by atoms with Crippen LogP contribution in [0.3, 0.4) is 0 Å². The smallest absolute Gasteiger partial charge is 0.239 e. The highest BCUT2D eigenvalue weighted by Gasteiger charge is 2.39. The molecule has 51 heavy (non-hydrogen) atoms. The molecule has 8 N–H and O–H groups in total. The summed E-state index contributed by atoms with van der Waals surface area (Å²) >= 11 is 0. The third-order valence-electron chi connectivity index (χ3n) is 10.2. The van der Waals surface area contributed by atoms with Crippen molar-refractivity contribution >= 4 is 28.5 Å². The molecule has 10 nitrogen and oxygen atoms in total. The van der Waals surface area contributed by atoms with Crippen molar-refractivity contribution in [2.75, 3.05) is 19.6 Å². The molecule has 1 aromatic heterocycles. The van der Waals surface area contributed by atoms with Crippen LogP contribution in [-0.4, -0.2) is 64.4 Å². The number of imidazole rings is 1. The molecule has 10 heteroatoms. The minimum absolute atomic E-state index is 0.0117. The van der Waals surface area contributed by atoms with Gasteiger partial charge in [0.15, 0.2) is 5.96 Å². The van der Waals surface area contributed by atoms with Gasteiger partial charge in [-0.15, -0.1) is 0 Å². The fourth-order valence-corrected chi connectivity index (χ4v) is 7.56. The fourth-order valence-electron chi connectivity index (χ4n) is 7.56. The first-order valence-corrected chi connectivity index (χ1v) is 17.8. The zero-order valence-electron chi connectivity index (χ0n) is 28.9. The van der Waals surface area contributed by atoms with Gasteiger partial charge in [0.1, 0.15) is 0 Å². The SMILES string of the molecule is NC(=O)C(Cc1cnc[nH]1)[C@H](Cc1ccc2ccccc2c1)[C@@H]1CCN(CC(c2ccccc2)c2ccccc2)C(=O)[C@H](CCCN=C(N)N)N1. The number of guanidine groups is 1. The van der Waals surface area contributed by atoms with E-state index in [2.05, 4.69) is 74.9 Å². The Morgan fingerprint density at radius 2 is 1.57 bits per heavy atom. The molecule has 0 saturated carbocycles. The Hall–Kier alpha value is -5.48. The second-order valence-corrected chi connectivity index (χ2v) is 13.6. The first-order chi connectivity index (χ1) is 24.9. The van der Waals surface area contributed by atoms with Crippen molar-refractivity contribution in [2.45, 2.75) is 50.1 Å². The molecule has 1 unspecified atom stereocenters. The van der Waals surface area contributed by atoms with Crippen LogP contribution in [-0.2, 0) is 22.4 Å². The zero-order chi connectivity index (χ0) is 35.6. The van der Waals surface area contributed by atoms with E-state index in [1.807, 2.05) is 53.4 Å². The number of benzene rings is 4. The lowest BCUT2D eigenvalue weighted by atomic mass is 9.77. The molecule has 0 radical (unpaired) electrons. The van der Waals surface area contributed by atoms with Crippen LogP contribution in [0, 0.1) is 11.8 Å². The maximum Gasteiger partial charge on any atom is 0.239 e. The molecule has 1 saturated heterocycles. The van der Waals surface area contributed by atoms with Crippen molar-refractivity contribution in [1.29, 1.82) is 0 Å². The number of nitrogens with two attached hydrogens (primary N) is 3. The van der Waals surface area contributed by atoms with Gasteiger partial charge in [-0.05, 0) is 59.1 Å². The molecule has 1 aliphatic rings.